The van der Waals surface area contributed by atoms with Crippen LogP contribution in [0.15, 0.2) is 22.0 Å². The zero-order valence-electron chi connectivity index (χ0n) is 6.68. The number of nitrogens with zero attached hydrogens (tertiary/aromatic N) is 2. The number of anilines is 1. The zero-order valence-corrected chi connectivity index (χ0v) is 7.49. The number of hydrogen-bond donors (Lipinski definition) is 2. The Balaban J connectivity index is 2.28. The summed E-state index contributed by atoms with van der Waals surface area (Å²) in [6.45, 7) is 0. The van der Waals surface area contributed by atoms with Crippen molar-refractivity contribution in [1.29, 1.82) is 0 Å². The van der Waals surface area contributed by atoms with Crippen LogP contribution in [0.5, 0.6) is 0 Å². The van der Waals surface area contributed by atoms with Gasteiger partial charge in [0.1, 0.15) is 6.04 Å². The number of nitrogen functional groups attached to an aromatic ring is 1. The van der Waals surface area contributed by atoms with Gasteiger partial charge in [0.05, 0.1) is 0 Å². The molecule has 6 heteroatoms. The van der Waals surface area contributed by atoms with Crippen LogP contribution in [0.3, 0.4) is 0 Å². The van der Waals surface area contributed by atoms with Gasteiger partial charge in [0, 0.05) is 4.88 Å². The minimum absolute atomic E-state index is 0.113. The highest BCUT2D eigenvalue weighted by Crippen LogP contribution is 2.22. The van der Waals surface area contributed by atoms with Crippen LogP contribution >= 0.6 is 11.3 Å². The lowest BCUT2D eigenvalue weighted by Gasteiger charge is -2.01. The Morgan fingerprint density at radius 1 is 1.54 bits per heavy atom. The lowest BCUT2D eigenvalue weighted by molar-refractivity contribution is 0.369. The summed E-state index contributed by atoms with van der Waals surface area (Å²) in [7, 11) is 0. The molecule has 1 unspecified atom stereocenters. The highest BCUT2D eigenvalue weighted by molar-refractivity contribution is 7.10. The lowest BCUT2D eigenvalue weighted by Crippen LogP contribution is -2.10. The van der Waals surface area contributed by atoms with Gasteiger partial charge in [-0.15, -0.1) is 11.3 Å². The van der Waals surface area contributed by atoms with Crippen molar-refractivity contribution in [3.63, 3.8) is 0 Å². The van der Waals surface area contributed by atoms with E-state index in [1.54, 1.807) is 11.3 Å². The van der Waals surface area contributed by atoms with Crippen molar-refractivity contribution in [3.05, 3.63) is 28.3 Å². The van der Waals surface area contributed by atoms with E-state index < -0.39 is 0 Å². The molecule has 1 atom stereocenters. The zero-order chi connectivity index (χ0) is 9.26. The van der Waals surface area contributed by atoms with Crippen LogP contribution in [-0.4, -0.2) is 10.1 Å². The van der Waals surface area contributed by atoms with Gasteiger partial charge in [-0.1, -0.05) is 6.07 Å². The molecule has 0 spiro atoms. The Bertz CT molecular complexity index is 383. The fourth-order valence-corrected chi connectivity index (χ4v) is 1.68. The third kappa shape index (κ3) is 1.53. The van der Waals surface area contributed by atoms with E-state index in [-0.39, 0.29) is 12.0 Å². The van der Waals surface area contributed by atoms with E-state index in [0.717, 1.165) is 4.88 Å². The second kappa shape index (κ2) is 3.15. The van der Waals surface area contributed by atoms with E-state index in [0.29, 0.717) is 5.89 Å². The molecule has 0 saturated carbocycles. The average molecular weight is 196 g/mol. The van der Waals surface area contributed by atoms with Gasteiger partial charge >= 0.3 is 0 Å². The molecule has 0 amide bonds. The average Bonchev–Trinajstić information content (AvgIpc) is 2.72. The van der Waals surface area contributed by atoms with Gasteiger partial charge in [0.15, 0.2) is 0 Å². The number of aromatic nitrogens is 2. The third-order valence-corrected chi connectivity index (χ3v) is 2.53. The van der Waals surface area contributed by atoms with Crippen LogP contribution in [0.4, 0.5) is 5.95 Å². The predicted octanol–water partition coefficient (Wildman–Crippen LogP) is 0.761. The molecule has 0 bridgehead atoms. The third-order valence-electron chi connectivity index (χ3n) is 1.57. The Hall–Kier alpha value is -1.40. The molecule has 0 aliphatic heterocycles. The van der Waals surface area contributed by atoms with Crippen LogP contribution in [0, 0.1) is 0 Å². The first-order valence-electron chi connectivity index (χ1n) is 3.65. The monoisotopic (exact) mass is 196 g/mol. The van der Waals surface area contributed by atoms with Crippen molar-refractivity contribution in [2.75, 3.05) is 5.73 Å². The fourth-order valence-electron chi connectivity index (χ4n) is 0.964. The molecule has 2 rings (SSSR count). The molecule has 0 fully saturated rings. The van der Waals surface area contributed by atoms with E-state index in [1.165, 1.54) is 0 Å². The van der Waals surface area contributed by atoms with E-state index in [1.807, 2.05) is 17.5 Å². The Kier molecular flexibility index (Phi) is 1.99. The van der Waals surface area contributed by atoms with Gasteiger partial charge in [0.25, 0.3) is 11.8 Å². The van der Waals surface area contributed by atoms with Crippen LogP contribution in [0.2, 0.25) is 0 Å². The predicted molar refractivity (Wildman–Crippen MR) is 49.1 cm³/mol. The maximum Gasteiger partial charge on any atom is 0.260 e. The van der Waals surface area contributed by atoms with E-state index in [2.05, 4.69) is 10.1 Å². The first-order chi connectivity index (χ1) is 6.27. The van der Waals surface area contributed by atoms with E-state index >= 15 is 0 Å². The number of thiophene rings is 1. The van der Waals surface area contributed by atoms with Crippen molar-refractivity contribution in [2.45, 2.75) is 6.04 Å². The van der Waals surface area contributed by atoms with Gasteiger partial charge in [-0.2, -0.15) is 4.98 Å². The topological polar surface area (TPSA) is 91.0 Å². The molecule has 0 aliphatic rings. The Morgan fingerprint density at radius 2 is 2.38 bits per heavy atom. The molecule has 2 aromatic heterocycles. The first-order valence-corrected chi connectivity index (χ1v) is 4.53. The van der Waals surface area contributed by atoms with Crippen LogP contribution in [0.25, 0.3) is 0 Å². The SMILES string of the molecule is Nc1noc(C(N)c2cccs2)n1. The number of hydrogen-bond acceptors (Lipinski definition) is 6. The summed E-state index contributed by atoms with van der Waals surface area (Å²) in [6, 6.07) is 3.46. The van der Waals surface area contributed by atoms with E-state index in [9.17, 15) is 0 Å². The van der Waals surface area contributed by atoms with Crippen LogP contribution < -0.4 is 11.5 Å². The standard InChI is InChI=1S/C7H8N4OS/c8-5(4-2-1-3-13-4)6-10-7(9)11-12-6/h1-3,5H,8H2,(H2,9,11). The summed E-state index contributed by atoms with van der Waals surface area (Å²) >= 11 is 1.54. The maximum atomic E-state index is 5.83. The van der Waals surface area contributed by atoms with Crippen LogP contribution in [-0.2, 0) is 0 Å². The molecule has 0 aliphatic carbocycles. The molecule has 13 heavy (non-hydrogen) atoms. The molecule has 5 nitrogen and oxygen atoms in total. The summed E-state index contributed by atoms with van der Waals surface area (Å²) in [5, 5.41) is 5.40. The minimum atomic E-state index is -0.371. The molecule has 4 N–H and O–H groups in total. The van der Waals surface area contributed by atoms with Gasteiger partial charge in [-0.25, -0.2) is 0 Å². The minimum Gasteiger partial charge on any atom is -0.365 e. The lowest BCUT2D eigenvalue weighted by atomic mass is 10.2. The molecule has 0 aromatic carbocycles. The molecule has 2 aromatic rings. The number of rotatable bonds is 2. The summed E-state index contributed by atoms with van der Waals surface area (Å²) < 4.78 is 4.85. The van der Waals surface area contributed by atoms with E-state index in [4.69, 9.17) is 16.0 Å². The van der Waals surface area contributed by atoms with Gasteiger partial charge in [-0.3, -0.25) is 0 Å². The molecular formula is C7H8N4OS. The molecule has 0 saturated heterocycles. The van der Waals surface area contributed by atoms with Crippen molar-refractivity contribution in [3.8, 4) is 0 Å². The Labute approximate surface area is 78.4 Å². The summed E-state index contributed by atoms with van der Waals surface area (Å²) in [6.07, 6.45) is 0. The smallest absolute Gasteiger partial charge is 0.260 e. The second-order valence-electron chi connectivity index (χ2n) is 2.48. The summed E-state index contributed by atoms with van der Waals surface area (Å²) in [5.74, 6) is 0.460. The highest BCUT2D eigenvalue weighted by Gasteiger charge is 2.16. The molecule has 0 radical (unpaired) electrons. The summed E-state index contributed by atoms with van der Waals surface area (Å²) in [5.41, 5.74) is 11.1. The quantitative estimate of drug-likeness (QED) is 0.740. The fraction of sp³-hybridized carbons (Fsp3) is 0.143. The first kappa shape index (κ1) is 8.21. The van der Waals surface area contributed by atoms with Crippen molar-refractivity contribution in [1.82, 2.24) is 10.1 Å². The van der Waals surface area contributed by atoms with Crippen molar-refractivity contribution in [2.24, 2.45) is 5.73 Å². The Morgan fingerprint density at radius 3 is 2.92 bits per heavy atom. The largest absolute Gasteiger partial charge is 0.365 e. The van der Waals surface area contributed by atoms with Gasteiger partial charge in [0.2, 0.25) is 0 Å². The maximum absolute atomic E-state index is 5.83. The highest BCUT2D eigenvalue weighted by atomic mass is 32.1. The summed E-state index contributed by atoms with van der Waals surface area (Å²) in [4.78, 5) is 4.82. The normalized spacial score (nSPS) is 13.0. The molecule has 2 heterocycles. The van der Waals surface area contributed by atoms with Gasteiger partial charge in [-0.05, 0) is 16.6 Å². The van der Waals surface area contributed by atoms with Gasteiger partial charge < -0.3 is 16.0 Å². The van der Waals surface area contributed by atoms with Crippen LogP contribution in [0.1, 0.15) is 16.8 Å². The van der Waals surface area contributed by atoms with Crippen molar-refractivity contribution >= 4 is 17.3 Å². The molecule has 68 valence electrons. The molecular weight excluding hydrogens is 188 g/mol. The van der Waals surface area contributed by atoms with Crippen molar-refractivity contribution < 1.29 is 4.52 Å². The number of nitrogens with two attached hydrogens (primary N) is 2. The second-order valence-corrected chi connectivity index (χ2v) is 3.46.